The molecule has 0 bridgehead atoms. The highest BCUT2D eigenvalue weighted by Gasteiger charge is 2.29. The second-order valence-electron chi connectivity index (χ2n) is 4.26. The maximum atomic E-state index is 5.25. The molecular weight excluding hydrogens is 164 g/mol. The van der Waals surface area contributed by atoms with Gasteiger partial charge in [-0.2, -0.15) is 0 Å². The zero-order chi connectivity index (χ0) is 9.26. The fraction of sp³-hybridized carbons (Fsp3) is 1.00. The van der Waals surface area contributed by atoms with Gasteiger partial charge in [0.25, 0.3) is 0 Å². The number of rotatable bonds is 3. The number of nitrogens with zero attached hydrogens (tertiary/aromatic N) is 2. The van der Waals surface area contributed by atoms with Crippen LogP contribution in [0.2, 0.25) is 0 Å². The predicted octanol–water partition coefficient (Wildman–Crippen LogP) is 0.411. The Morgan fingerprint density at radius 3 is 2.77 bits per heavy atom. The van der Waals surface area contributed by atoms with Gasteiger partial charge in [-0.15, -0.1) is 0 Å². The molecule has 0 aromatic carbocycles. The van der Waals surface area contributed by atoms with Gasteiger partial charge in [0.1, 0.15) is 0 Å². The molecule has 2 fully saturated rings. The van der Waals surface area contributed by atoms with Crippen molar-refractivity contribution in [3.63, 3.8) is 0 Å². The molecule has 0 amide bonds. The summed E-state index contributed by atoms with van der Waals surface area (Å²) >= 11 is 0. The summed E-state index contributed by atoms with van der Waals surface area (Å²) in [6.45, 7) is 8.08. The first-order chi connectivity index (χ1) is 6.29. The molecule has 0 aromatic heterocycles. The molecule has 0 saturated carbocycles. The Morgan fingerprint density at radius 2 is 2.15 bits per heavy atom. The monoisotopic (exact) mass is 184 g/mol. The van der Waals surface area contributed by atoms with Gasteiger partial charge in [-0.1, -0.05) is 6.92 Å². The Kier molecular flexibility index (Phi) is 2.86. The Hall–Kier alpha value is -0.120. The number of piperazine rings is 1. The van der Waals surface area contributed by atoms with Gasteiger partial charge in [0.15, 0.2) is 0 Å². The van der Waals surface area contributed by atoms with Gasteiger partial charge in [0.05, 0.1) is 12.7 Å². The molecule has 2 heterocycles. The number of hydrogen-bond acceptors (Lipinski definition) is 3. The van der Waals surface area contributed by atoms with Crippen molar-refractivity contribution >= 4 is 0 Å². The minimum atomic E-state index is 0.556. The van der Waals surface area contributed by atoms with Crippen molar-refractivity contribution in [3.8, 4) is 0 Å². The van der Waals surface area contributed by atoms with E-state index in [0.29, 0.717) is 6.10 Å². The van der Waals surface area contributed by atoms with Crippen LogP contribution in [0.25, 0.3) is 0 Å². The van der Waals surface area contributed by atoms with E-state index in [1.165, 1.54) is 26.1 Å². The van der Waals surface area contributed by atoms with Crippen LogP contribution in [0.1, 0.15) is 13.3 Å². The maximum Gasteiger partial charge on any atom is 0.0936 e. The van der Waals surface area contributed by atoms with Crippen LogP contribution in [-0.2, 0) is 4.74 Å². The first-order valence-corrected chi connectivity index (χ1v) is 5.33. The summed E-state index contributed by atoms with van der Waals surface area (Å²) in [4.78, 5) is 5.02. The SMILES string of the molecule is CCC1CN(CC2CO2)CCN1C. The Morgan fingerprint density at radius 1 is 1.38 bits per heavy atom. The third kappa shape index (κ3) is 2.42. The average molecular weight is 184 g/mol. The Balaban J connectivity index is 1.78. The van der Waals surface area contributed by atoms with Crippen molar-refractivity contribution < 1.29 is 4.74 Å². The highest BCUT2D eigenvalue weighted by atomic mass is 16.6. The van der Waals surface area contributed by atoms with Crippen LogP contribution < -0.4 is 0 Å². The summed E-state index contributed by atoms with van der Waals surface area (Å²) in [5.41, 5.74) is 0. The molecule has 3 nitrogen and oxygen atoms in total. The van der Waals surface area contributed by atoms with E-state index >= 15 is 0 Å². The highest BCUT2D eigenvalue weighted by molar-refractivity contribution is 4.83. The second kappa shape index (κ2) is 3.95. The normalized spacial score (nSPS) is 36.5. The van der Waals surface area contributed by atoms with Gasteiger partial charge in [-0.3, -0.25) is 4.90 Å². The molecule has 0 radical (unpaired) electrons. The molecule has 2 saturated heterocycles. The van der Waals surface area contributed by atoms with Gasteiger partial charge in [-0.05, 0) is 13.5 Å². The van der Waals surface area contributed by atoms with Crippen molar-refractivity contribution in [1.29, 1.82) is 0 Å². The van der Waals surface area contributed by atoms with Crippen LogP contribution >= 0.6 is 0 Å². The minimum absolute atomic E-state index is 0.556. The molecule has 0 N–H and O–H groups in total. The predicted molar refractivity (Wildman–Crippen MR) is 52.9 cm³/mol. The zero-order valence-electron chi connectivity index (χ0n) is 8.70. The molecule has 13 heavy (non-hydrogen) atoms. The van der Waals surface area contributed by atoms with Crippen molar-refractivity contribution in [2.75, 3.05) is 39.8 Å². The first kappa shape index (κ1) is 9.44. The smallest absolute Gasteiger partial charge is 0.0936 e. The van der Waals surface area contributed by atoms with E-state index in [2.05, 4.69) is 23.8 Å². The van der Waals surface area contributed by atoms with E-state index in [9.17, 15) is 0 Å². The van der Waals surface area contributed by atoms with Crippen LogP contribution in [0.5, 0.6) is 0 Å². The lowest BCUT2D eigenvalue weighted by molar-refractivity contribution is 0.0879. The third-order valence-corrected chi connectivity index (χ3v) is 3.20. The number of hydrogen-bond donors (Lipinski definition) is 0. The molecule has 2 aliphatic rings. The Labute approximate surface area is 80.6 Å². The summed E-state index contributed by atoms with van der Waals surface area (Å²) in [6, 6.07) is 0.757. The van der Waals surface area contributed by atoms with Gasteiger partial charge >= 0.3 is 0 Å². The van der Waals surface area contributed by atoms with Crippen molar-refractivity contribution in [3.05, 3.63) is 0 Å². The number of epoxide rings is 1. The zero-order valence-corrected chi connectivity index (χ0v) is 8.70. The molecular formula is C10H20N2O. The molecule has 2 unspecified atom stereocenters. The quantitative estimate of drug-likeness (QED) is 0.592. The number of likely N-dealkylation sites (N-methyl/N-ethyl adjacent to an activating group) is 1. The van der Waals surface area contributed by atoms with Crippen LogP contribution in [0.15, 0.2) is 0 Å². The standard InChI is InChI=1S/C10H20N2O/c1-3-9-6-12(5-4-11(9)2)7-10-8-13-10/h9-10H,3-8H2,1-2H3. The molecule has 76 valence electrons. The van der Waals surface area contributed by atoms with E-state index in [1.54, 1.807) is 0 Å². The van der Waals surface area contributed by atoms with E-state index in [-0.39, 0.29) is 0 Å². The highest BCUT2D eigenvalue weighted by Crippen LogP contribution is 2.15. The molecule has 0 aromatic rings. The molecule has 2 atom stereocenters. The lowest BCUT2D eigenvalue weighted by Gasteiger charge is -2.38. The van der Waals surface area contributed by atoms with Gasteiger partial charge in [0, 0.05) is 32.2 Å². The molecule has 2 rings (SSSR count). The molecule has 2 aliphatic heterocycles. The fourth-order valence-corrected chi connectivity index (χ4v) is 2.08. The summed E-state index contributed by atoms with van der Waals surface area (Å²) in [7, 11) is 2.24. The van der Waals surface area contributed by atoms with Crippen molar-refractivity contribution in [2.24, 2.45) is 0 Å². The summed E-state index contributed by atoms with van der Waals surface area (Å²) < 4.78 is 5.25. The Bertz CT molecular complexity index is 170. The van der Waals surface area contributed by atoms with Crippen molar-refractivity contribution in [1.82, 2.24) is 9.80 Å². The van der Waals surface area contributed by atoms with E-state index < -0.39 is 0 Å². The fourth-order valence-electron chi connectivity index (χ4n) is 2.08. The maximum absolute atomic E-state index is 5.25. The van der Waals surface area contributed by atoms with Crippen LogP contribution in [-0.4, -0.2) is 61.8 Å². The summed E-state index contributed by atoms with van der Waals surface area (Å²) in [5.74, 6) is 0. The van der Waals surface area contributed by atoms with E-state index in [0.717, 1.165) is 19.2 Å². The van der Waals surface area contributed by atoms with Gasteiger partial charge < -0.3 is 9.64 Å². The third-order valence-electron chi connectivity index (χ3n) is 3.20. The number of ether oxygens (including phenoxy) is 1. The molecule has 0 aliphatic carbocycles. The molecule has 3 heteroatoms. The van der Waals surface area contributed by atoms with E-state index in [1.807, 2.05) is 0 Å². The largest absolute Gasteiger partial charge is 0.372 e. The first-order valence-electron chi connectivity index (χ1n) is 5.33. The van der Waals surface area contributed by atoms with Crippen LogP contribution in [0, 0.1) is 0 Å². The van der Waals surface area contributed by atoms with Gasteiger partial charge in [-0.25, -0.2) is 0 Å². The van der Waals surface area contributed by atoms with Crippen molar-refractivity contribution in [2.45, 2.75) is 25.5 Å². The average Bonchev–Trinajstić information content (AvgIpc) is 2.92. The van der Waals surface area contributed by atoms with Crippen LogP contribution in [0.4, 0.5) is 0 Å². The lowest BCUT2D eigenvalue weighted by atomic mass is 10.1. The minimum Gasteiger partial charge on any atom is -0.372 e. The summed E-state index contributed by atoms with van der Waals surface area (Å²) in [6.07, 6.45) is 1.82. The topological polar surface area (TPSA) is 19.0 Å². The lowest BCUT2D eigenvalue weighted by Crippen LogP contribution is -2.51. The molecule has 0 spiro atoms. The van der Waals surface area contributed by atoms with Gasteiger partial charge in [0.2, 0.25) is 0 Å². The van der Waals surface area contributed by atoms with Crippen LogP contribution in [0.3, 0.4) is 0 Å². The second-order valence-corrected chi connectivity index (χ2v) is 4.26. The van der Waals surface area contributed by atoms with E-state index in [4.69, 9.17) is 4.74 Å². The summed E-state index contributed by atoms with van der Waals surface area (Å²) in [5, 5.41) is 0.